The van der Waals surface area contributed by atoms with Crippen molar-refractivity contribution in [2.45, 2.75) is 27.7 Å². The Kier molecular flexibility index (Phi) is 5.74. The van der Waals surface area contributed by atoms with Gasteiger partial charge in [-0.3, -0.25) is 0 Å². The molecule has 0 unspecified atom stereocenters. The molecule has 26 heavy (non-hydrogen) atoms. The molecule has 3 aromatic rings. The summed E-state index contributed by atoms with van der Waals surface area (Å²) in [5.74, 6) is 2.52. The highest BCUT2D eigenvalue weighted by molar-refractivity contribution is 7.19. The number of aryl methyl sites for hydroxylation is 2. The number of hydrogen-bond acceptors (Lipinski definition) is 6. The van der Waals surface area contributed by atoms with Crippen LogP contribution in [-0.4, -0.2) is 41.4 Å². The minimum absolute atomic E-state index is 0.0971. The fourth-order valence-electron chi connectivity index (χ4n) is 3.19. The number of aliphatic hydroxyl groups excluding tert-OH is 1. The summed E-state index contributed by atoms with van der Waals surface area (Å²) in [7, 11) is 0. The zero-order chi connectivity index (χ0) is 18.7. The van der Waals surface area contributed by atoms with Crippen molar-refractivity contribution in [2.24, 2.45) is 0 Å². The molecule has 138 valence electrons. The van der Waals surface area contributed by atoms with Gasteiger partial charge < -0.3 is 14.7 Å². The molecule has 0 radical (unpaired) electrons. The molecule has 0 amide bonds. The number of likely N-dealkylation sites (N-methyl/N-ethyl adjacent to an activating group) is 1. The van der Waals surface area contributed by atoms with E-state index < -0.39 is 0 Å². The number of thiophene rings is 1. The van der Waals surface area contributed by atoms with Crippen molar-refractivity contribution in [3.05, 3.63) is 35.0 Å². The number of hydrogen-bond donors (Lipinski definition) is 1. The highest BCUT2D eigenvalue weighted by Crippen LogP contribution is 2.42. The van der Waals surface area contributed by atoms with E-state index in [2.05, 4.69) is 35.9 Å². The van der Waals surface area contributed by atoms with E-state index in [1.54, 1.807) is 11.3 Å². The van der Waals surface area contributed by atoms with Crippen LogP contribution in [0.3, 0.4) is 0 Å². The first-order valence-corrected chi connectivity index (χ1v) is 9.77. The molecule has 0 atom stereocenters. The van der Waals surface area contributed by atoms with E-state index in [1.165, 1.54) is 10.4 Å². The van der Waals surface area contributed by atoms with Gasteiger partial charge in [-0.2, -0.15) is 0 Å². The van der Waals surface area contributed by atoms with E-state index in [1.807, 2.05) is 26.0 Å². The second-order valence-electron chi connectivity index (χ2n) is 6.07. The second kappa shape index (κ2) is 8.01. The lowest BCUT2D eigenvalue weighted by atomic mass is 10.0. The smallest absolute Gasteiger partial charge is 0.141 e. The van der Waals surface area contributed by atoms with Crippen LogP contribution in [0, 0.1) is 13.8 Å². The number of aromatic nitrogens is 2. The van der Waals surface area contributed by atoms with Gasteiger partial charge in [-0.1, -0.05) is 12.1 Å². The van der Waals surface area contributed by atoms with Crippen LogP contribution in [0.1, 0.15) is 24.5 Å². The van der Waals surface area contributed by atoms with Crippen LogP contribution < -0.4 is 9.64 Å². The molecule has 0 aliphatic heterocycles. The Bertz CT molecular complexity index is 890. The fraction of sp³-hybridized carbons (Fsp3) is 0.400. The molecule has 0 bridgehead atoms. The van der Waals surface area contributed by atoms with E-state index in [-0.39, 0.29) is 6.61 Å². The van der Waals surface area contributed by atoms with Crippen LogP contribution in [0.2, 0.25) is 0 Å². The van der Waals surface area contributed by atoms with Crippen LogP contribution in [0.5, 0.6) is 5.75 Å². The van der Waals surface area contributed by atoms with E-state index in [0.717, 1.165) is 39.7 Å². The third-order valence-corrected chi connectivity index (χ3v) is 5.32. The average molecular weight is 372 g/mol. The molecular formula is C20H25N3O2S. The topological polar surface area (TPSA) is 58.5 Å². The molecular weight excluding hydrogens is 346 g/mol. The second-order valence-corrected chi connectivity index (χ2v) is 7.27. The molecule has 5 nitrogen and oxygen atoms in total. The molecule has 3 rings (SSSR count). The first-order chi connectivity index (χ1) is 12.6. The summed E-state index contributed by atoms with van der Waals surface area (Å²) in [5.41, 5.74) is 2.30. The van der Waals surface area contributed by atoms with Gasteiger partial charge in [-0.25, -0.2) is 9.97 Å². The number of anilines is 1. The largest absolute Gasteiger partial charge is 0.494 e. The quantitative estimate of drug-likeness (QED) is 0.675. The van der Waals surface area contributed by atoms with Crippen molar-refractivity contribution in [2.75, 3.05) is 31.2 Å². The molecule has 1 aromatic carbocycles. The van der Waals surface area contributed by atoms with Gasteiger partial charge in [-0.05, 0) is 45.4 Å². The summed E-state index contributed by atoms with van der Waals surface area (Å²) < 4.78 is 5.56. The zero-order valence-corrected chi connectivity index (χ0v) is 16.6. The van der Waals surface area contributed by atoms with Gasteiger partial charge in [0.05, 0.1) is 18.6 Å². The summed E-state index contributed by atoms with van der Waals surface area (Å²) >= 11 is 1.69. The number of benzene rings is 1. The minimum Gasteiger partial charge on any atom is -0.494 e. The summed E-state index contributed by atoms with van der Waals surface area (Å²) in [6.07, 6.45) is 0. The van der Waals surface area contributed by atoms with Gasteiger partial charge in [-0.15, -0.1) is 11.3 Å². The Hall–Kier alpha value is -2.18. The van der Waals surface area contributed by atoms with E-state index in [0.29, 0.717) is 13.2 Å². The highest BCUT2D eigenvalue weighted by Gasteiger charge is 2.20. The van der Waals surface area contributed by atoms with Crippen LogP contribution >= 0.6 is 11.3 Å². The Balaban J connectivity index is 2.20. The lowest BCUT2D eigenvalue weighted by molar-refractivity contribution is 0.302. The highest BCUT2D eigenvalue weighted by atomic mass is 32.1. The van der Waals surface area contributed by atoms with Gasteiger partial charge in [0.1, 0.15) is 22.2 Å². The van der Waals surface area contributed by atoms with Crippen molar-refractivity contribution in [3.63, 3.8) is 0 Å². The molecule has 1 N–H and O–H groups in total. The SMILES string of the molecule is CCOc1ccc(-c2c(C)sc3nc(C)nc(N(CC)CCO)c23)cc1. The first kappa shape index (κ1) is 18.6. The van der Waals surface area contributed by atoms with Crippen LogP contribution in [0.4, 0.5) is 5.82 Å². The number of rotatable bonds is 7. The van der Waals surface area contributed by atoms with Gasteiger partial charge in [0, 0.05) is 23.5 Å². The molecule has 0 saturated heterocycles. The third kappa shape index (κ3) is 3.52. The average Bonchev–Trinajstić information content (AvgIpc) is 2.95. The Morgan fingerprint density at radius 3 is 2.46 bits per heavy atom. The van der Waals surface area contributed by atoms with Crippen LogP contribution in [0.15, 0.2) is 24.3 Å². The maximum atomic E-state index is 9.45. The number of fused-ring (bicyclic) bond motifs is 1. The van der Waals surface area contributed by atoms with E-state index in [4.69, 9.17) is 9.72 Å². The van der Waals surface area contributed by atoms with Crippen molar-refractivity contribution < 1.29 is 9.84 Å². The molecule has 2 aromatic heterocycles. The third-order valence-electron chi connectivity index (χ3n) is 4.33. The lowest BCUT2D eigenvalue weighted by Crippen LogP contribution is -2.27. The summed E-state index contributed by atoms with van der Waals surface area (Å²) in [4.78, 5) is 13.7. The van der Waals surface area contributed by atoms with E-state index in [9.17, 15) is 5.11 Å². The number of ether oxygens (including phenoxy) is 1. The van der Waals surface area contributed by atoms with Crippen LogP contribution in [0.25, 0.3) is 21.3 Å². The van der Waals surface area contributed by atoms with Gasteiger partial charge >= 0.3 is 0 Å². The first-order valence-electron chi connectivity index (χ1n) is 8.95. The zero-order valence-electron chi connectivity index (χ0n) is 15.7. The monoisotopic (exact) mass is 371 g/mol. The molecule has 2 heterocycles. The Labute approximate surface area is 158 Å². The van der Waals surface area contributed by atoms with Crippen molar-refractivity contribution >= 4 is 27.4 Å². The predicted octanol–water partition coefficient (Wildman–Crippen LogP) is 4.19. The molecule has 0 spiro atoms. The summed E-state index contributed by atoms with van der Waals surface area (Å²) in [6, 6.07) is 8.18. The Morgan fingerprint density at radius 2 is 1.85 bits per heavy atom. The van der Waals surface area contributed by atoms with Crippen molar-refractivity contribution in [1.82, 2.24) is 9.97 Å². The number of aliphatic hydroxyl groups is 1. The van der Waals surface area contributed by atoms with E-state index >= 15 is 0 Å². The van der Waals surface area contributed by atoms with Crippen LogP contribution in [-0.2, 0) is 0 Å². The maximum absolute atomic E-state index is 9.45. The van der Waals surface area contributed by atoms with Gasteiger partial charge in [0.25, 0.3) is 0 Å². The molecule has 6 heteroatoms. The van der Waals surface area contributed by atoms with Crippen molar-refractivity contribution in [3.8, 4) is 16.9 Å². The summed E-state index contributed by atoms with van der Waals surface area (Å²) in [6.45, 7) is 10.2. The molecule has 0 fully saturated rings. The van der Waals surface area contributed by atoms with Gasteiger partial charge in [0.15, 0.2) is 0 Å². The normalized spacial score (nSPS) is 11.1. The maximum Gasteiger partial charge on any atom is 0.141 e. The fourth-order valence-corrected chi connectivity index (χ4v) is 4.28. The molecule has 0 saturated carbocycles. The van der Waals surface area contributed by atoms with Gasteiger partial charge in [0.2, 0.25) is 0 Å². The minimum atomic E-state index is 0.0971. The molecule has 0 aliphatic carbocycles. The predicted molar refractivity (Wildman–Crippen MR) is 108 cm³/mol. The number of nitrogens with zero attached hydrogens (tertiary/aromatic N) is 3. The Morgan fingerprint density at radius 1 is 1.12 bits per heavy atom. The van der Waals surface area contributed by atoms with Crippen molar-refractivity contribution in [1.29, 1.82) is 0 Å². The summed E-state index contributed by atoms with van der Waals surface area (Å²) in [5, 5.41) is 10.5. The lowest BCUT2D eigenvalue weighted by Gasteiger charge is -2.22. The molecule has 0 aliphatic rings. The standard InChI is InChI=1S/C20H25N3O2S/c1-5-23(11-12-24)19-18-17(13(3)26-20(18)22-14(4)21-19)15-7-9-16(10-8-15)25-6-2/h7-10,24H,5-6,11-12H2,1-4H3.